The third kappa shape index (κ3) is 15.1. The average molecular weight is 926 g/mol. The molecule has 2 aromatic heterocycles. The Bertz CT molecular complexity index is 2060. The molecule has 0 bridgehead atoms. The predicted molar refractivity (Wildman–Crippen MR) is 251 cm³/mol. The zero-order chi connectivity index (χ0) is 46.3. The number of nitrogens with one attached hydrogen (secondary N) is 3. The largest absolute Gasteiger partial charge is 0.489 e. The first-order valence-electron chi connectivity index (χ1n) is 22.2. The van der Waals surface area contributed by atoms with Gasteiger partial charge in [0, 0.05) is 63.7 Å². The molecule has 350 valence electrons. The smallest absolute Gasteiger partial charge is 0.283 e. The molecule has 64 heavy (non-hydrogen) atoms. The van der Waals surface area contributed by atoms with Crippen molar-refractivity contribution in [2.24, 2.45) is 0 Å². The van der Waals surface area contributed by atoms with Crippen LogP contribution in [0.3, 0.4) is 0 Å². The van der Waals surface area contributed by atoms with Crippen molar-refractivity contribution in [3.8, 4) is 11.5 Å². The number of pyridine rings is 2. The standard InChI is InChI=1S/C45H63N7O10S2/c1-5-9-28-59-39-33(19-20-34(40(39)60-29-10-6-2)44(58)50-27-32-64-45(50)63)41(55)46-21-24-49(25-22-47-42(56)35-15-13-17-37(53)51(35)61-30-11-7-3)26-23-48-43(57)36-16-14-18-38(54)52(36)62-31-12-8-4/h13-20H,5-12,21-32H2,1-4H3,(H,46,55)(H,47,56)(H,48,57). The Labute approximate surface area is 384 Å². The Morgan fingerprint density at radius 1 is 0.625 bits per heavy atom. The minimum Gasteiger partial charge on any atom is -0.489 e. The lowest BCUT2D eigenvalue weighted by Crippen LogP contribution is -2.44. The molecule has 17 nitrogen and oxygen atoms in total. The normalized spacial score (nSPS) is 12.3. The van der Waals surface area contributed by atoms with Crippen molar-refractivity contribution in [2.45, 2.75) is 79.1 Å². The van der Waals surface area contributed by atoms with Crippen LogP contribution in [0.4, 0.5) is 0 Å². The van der Waals surface area contributed by atoms with Crippen molar-refractivity contribution < 1.29 is 38.3 Å². The molecule has 0 aliphatic carbocycles. The Morgan fingerprint density at radius 2 is 1.06 bits per heavy atom. The Morgan fingerprint density at radius 3 is 1.52 bits per heavy atom. The second kappa shape index (κ2) is 27.7. The van der Waals surface area contributed by atoms with E-state index in [2.05, 4.69) is 16.0 Å². The van der Waals surface area contributed by atoms with Gasteiger partial charge in [0.25, 0.3) is 34.7 Å². The number of thiocarbonyl (C=S) groups is 1. The van der Waals surface area contributed by atoms with E-state index < -0.39 is 28.8 Å². The number of nitrogens with zero attached hydrogens (tertiary/aromatic N) is 4. The second-order valence-corrected chi connectivity index (χ2v) is 16.6. The van der Waals surface area contributed by atoms with Crippen LogP contribution < -0.4 is 46.2 Å². The van der Waals surface area contributed by atoms with E-state index in [9.17, 15) is 28.8 Å². The lowest BCUT2D eigenvalue weighted by molar-refractivity contribution is 0.0761. The van der Waals surface area contributed by atoms with Gasteiger partial charge in [-0.15, -0.1) is 9.46 Å². The van der Waals surface area contributed by atoms with E-state index >= 15 is 0 Å². The van der Waals surface area contributed by atoms with Crippen LogP contribution in [0.2, 0.25) is 0 Å². The Kier molecular flexibility index (Phi) is 22.2. The van der Waals surface area contributed by atoms with Crippen molar-refractivity contribution >= 4 is 51.9 Å². The number of rotatable bonds is 29. The van der Waals surface area contributed by atoms with Crippen LogP contribution in [0.15, 0.2) is 58.1 Å². The SMILES string of the molecule is CCCCOc1c(C(=O)NCCN(CCNC(=O)c2cccc(=O)n2OCCCC)CCNC(=O)c2cccc(=O)n2OCCCC)ccc(C(=O)N2CCSC2=S)c1OCCCC. The van der Waals surface area contributed by atoms with Gasteiger partial charge in [0.2, 0.25) is 0 Å². The quantitative estimate of drug-likeness (QED) is 0.0665. The second-order valence-electron chi connectivity index (χ2n) is 14.9. The maximum atomic E-state index is 14.0. The van der Waals surface area contributed by atoms with E-state index in [1.807, 2.05) is 32.6 Å². The molecule has 1 saturated heterocycles. The van der Waals surface area contributed by atoms with Crippen LogP contribution in [0, 0.1) is 0 Å². The molecule has 4 rings (SSSR count). The molecule has 1 aliphatic rings. The highest BCUT2D eigenvalue weighted by atomic mass is 32.2. The Balaban J connectivity index is 1.52. The van der Waals surface area contributed by atoms with Crippen molar-refractivity contribution in [3.63, 3.8) is 0 Å². The lowest BCUT2D eigenvalue weighted by Gasteiger charge is -2.24. The zero-order valence-electron chi connectivity index (χ0n) is 37.4. The average Bonchev–Trinajstić information content (AvgIpc) is 3.72. The van der Waals surface area contributed by atoms with Crippen LogP contribution in [0.5, 0.6) is 11.5 Å². The van der Waals surface area contributed by atoms with Crippen molar-refractivity contribution in [1.82, 2.24) is 35.2 Å². The molecule has 0 spiro atoms. The van der Waals surface area contributed by atoms with Crippen LogP contribution in [-0.2, 0) is 0 Å². The van der Waals surface area contributed by atoms with Crippen LogP contribution in [0.1, 0.15) is 121 Å². The van der Waals surface area contributed by atoms with Crippen LogP contribution in [-0.4, -0.2) is 125 Å². The summed E-state index contributed by atoms with van der Waals surface area (Å²) in [4.78, 5) is 94.3. The highest BCUT2D eigenvalue weighted by Gasteiger charge is 2.31. The number of amides is 4. The zero-order valence-corrected chi connectivity index (χ0v) is 39.1. The molecule has 3 N–H and O–H groups in total. The van der Waals surface area contributed by atoms with E-state index in [4.69, 9.17) is 31.4 Å². The van der Waals surface area contributed by atoms with Crippen LogP contribution in [0.25, 0.3) is 0 Å². The van der Waals surface area contributed by atoms with Gasteiger partial charge in [0.1, 0.15) is 28.9 Å². The van der Waals surface area contributed by atoms with Gasteiger partial charge in [-0.3, -0.25) is 38.6 Å². The van der Waals surface area contributed by atoms with Gasteiger partial charge < -0.3 is 35.1 Å². The minimum absolute atomic E-state index is 0.0505. The molecule has 3 heterocycles. The predicted octanol–water partition coefficient (Wildman–Crippen LogP) is 4.19. The van der Waals surface area contributed by atoms with Gasteiger partial charge in [0.15, 0.2) is 11.5 Å². The van der Waals surface area contributed by atoms with Crippen molar-refractivity contribution in [2.75, 3.05) is 78.0 Å². The number of carbonyl (C=O) groups is 4. The molecular weight excluding hydrogens is 863 g/mol. The summed E-state index contributed by atoms with van der Waals surface area (Å²) in [5.41, 5.74) is -0.367. The molecule has 4 amide bonds. The number of aromatic nitrogens is 2. The summed E-state index contributed by atoms with van der Waals surface area (Å²) < 4.78 is 14.9. The fourth-order valence-electron chi connectivity index (χ4n) is 6.31. The fraction of sp³-hybridized carbons (Fsp3) is 0.533. The van der Waals surface area contributed by atoms with E-state index in [0.717, 1.165) is 41.6 Å². The van der Waals surface area contributed by atoms with E-state index in [1.54, 1.807) is 12.1 Å². The van der Waals surface area contributed by atoms with Gasteiger partial charge in [-0.05, 0) is 49.9 Å². The number of carbonyl (C=O) groups excluding carboxylic acids is 4. The number of benzene rings is 1. The van der Waals surface area contributed by atoms with E-state index in [1.165, 1.54) is 53.1 Å². The monoisotopic (exact) mass is 925 g/mol. The molecule has 19 heteroatoms. The van der Waals surface area contributed by atoms with Gasteiger partial charge >= 0.3 is 0 Å². The van der Waals surface area contributed by atoms with Gasteiger partial charge in [0.05, 0.1) is 24.3 Å². The maximum Gasteiger partial charge on any atom is 0.283 e. The molecular formula is C45H63N7O10S2. The molecule has 0 atom stereocenters. The number of hydrogen-bond donors (Lipinski definition) is 3. The summed E-state index contributed by atoms with van der Waals surface area (Å²) in [6, 6.07) is 11.8. The van der Waals surface area contributed by atoms with Crippen molar-refractivity contribution in [1.29, 1.82) is 0 Å². The molecule has 0 unspecified atom stereocenters. The van der Waals surface area contributed by atoms with E-state index in [0.29, 0.717) is 49.1 Å². The molecule has 0 radical (unpaired) electrons. The Hall–Kier alpha value is -5.40. The lowest BCUT2D eigenvalue weighted by atomic mass is 10.1. The summed E-state index contributed by atoms with van der Waals surface area (Å²) in [6.45, 7) is 11.0. The van der Waals surface area contributed by atoms with Gasteiger partial charge in [-0.1, -0.05) is 89.5 Å². The van der Waals surface area contributed by atoms with Crippen molar-refractivity contribution in [3.05, 3.63) is 91.8 Å². The number of unbranched alkanes of at least 4 members (excludes halogenated alkanes) is 4. The third-order valence-electron chi connectivity index (χ3n) is 9.95. The highest BCUT2D eigenvalue weighted by Crippen LogP contribution is 2.37. The fourth-order valence-corrected chi connectivity index (χ4v) is 7.51. The number of thioether (sulfide) groups is 1. The first kappa shape index (κ1) is 51.2. The summed E-state index contributed by atoms with van der Waals surface area (Å²) in [5, 5.41) is 8.67. The molecule has 3 aromatic rings. The van der Waals surface area contributed by atoms with Crippen LogP contribution >= 0.6 is 24.0 Å². The highest BCUT2D eigenvalue weighted by molar-refractivity contribution is 8.23. The molecule has 1 aliphatic heterocycles. The maximum absolute atomic E-state index is 14.0. The third-order valence-corrected chi connectivity index (χ3v) is 11.4. The summed E-state index contributed by atoms with van der Waals surface area (Å²) in [7, 11) is 0. The first-order chi connectivity index (χ1) is 31.1. The van der Waals surface area contributed by atoms with Gasteiger partial charge in [-0.25, -0.2) is 0 Å². The summed E-state index contributed by atoms with van der Waals surface area (Å²) in [5.74, 6) is -0.711. The van der Waals surface area contributed by atoms with E-state index in [-0.39, 0.29) is 92.4 Å². The number of hydrogen-bond acceptors (Lipinski definition) is 13. The molecule has 1 fully saturated rings. The first-order valence-corrected chi connectivity index (χ1v) is 23.6. The summed E-state index contributed by atoms with van der Waals surface area (Å²) in [6.07, 6.45) is 6.25. The number of ether oxygens (including phenoxy) is 2. The molecule has 1 aromatic carbocycles. The van der Waals surface area contributed by atoms with Gasteiger partial charge in [-0.2, -0.15) is 0 Å². The topological polar surface area (TPSA) is 192 Å². The summed E-state index contributed by atoms with van der Waals surface area (Å²) >= 11 is 6.89. The minimum atomic E-state index is -0.513. The molecule has 0 saturated carbocycles.